The van der Waals surface area contributed by atoms with E-state index in [1.165, 1.54) is 17.8 Å². The summed E-state index contributed by atoms with van der Waals surface area (Å²) in [5, 5.41) is 4.22. The van der Waals surface area contributed by atoms with Crippen molar-refractivity contribution in [3.05, 3.63) is 28.5 Å². The lowest BCUT2D eigenvalue weighted by atomic mass is 10.1. The van der Waals surface area contributed by atoms with Crippen LogP contribution in [0.5, 0.6) is 0 Å². The molecule has 0 aliphatic heterocycles. The van der Waals surface area contributed by atoms with Crippen molar-refractivity contribution in [2.75, 3.05) is 12.0 Å². The monoisotopic (exact) mass is 315 g/mol. The largest absolute Gasteiger partial charge is 0.384 e. The number of nitrogens with zero attached hydrogens (tertiary/aromatic N) is 2. The first kappa shape index (κ1) is 12.4. The molecular formula is C11H11BrFN3S. The van der Waals surface area contributed by atoms with Crippen molar-refractivity contribution in [2.45, 2.75) is 4.90 Å². The summed E-state index contributed by atoms with van der Waals surface area (Å²) >= 11 is 4.72. The van der Waals surface area contributed by atoms with Crippen molar-refractivity contribution >= 4 is 33.5 Å². The Bertz CT molecular complexity index is 525. The quantitative estimate of drug-likeness (QED) is 0.865. The zero-order chi connectivity index (χ0) is 12.6. The third kappa shape index (κ3) is 2.32. The smallest absolute Gasteiger partial charge is 0.138 e. The van der Waals surface area contributed by atoms with Crippen molar-refractivity contribution < 1.29 is 4.39 Å². The minimum absolute atomic E-state index is 0.258. The zero-order valence-electron chi connectivity index (χ0n) is 9.37. The van der Waals surface area contributed by atoms with E-state index in [1.807, 2.05) is 12.3 Å². The van der Waals surface area contributed by atoms with Gasteiger partial charge in [-0.15, -0.1) is 11.8 Å². The molecule has 0 bridgehead atoms. The summed E-state index contributed by atoms with van der Waals surface area (Å²) in [5.41, 5.74) is 7.07. The topological polar surface area (TPSA) is 43.8 Å². The first-order chi connectivity index (χ1) is 8.02. The maximum Gasteiger partial charge on any atom is 0.138 e. The van der Waals surface area contributed by atoms with E-state index in [1.54, 1.807) is 17.8 Å². The third-order valence-corrected chi connectivity index (χ3v) is 4.13. The first-order valence-electron chi connectivity index (χ1n) is 4.86. The minimum Gasteiger partial charge on any atom is -0.384 e. The number of anilines is 1. The highest BCUT2D eigenvalue weighted by atomic mass is 79.9. The molecular weight excluding hydrogens is 305 g/mol. The molecule has 0 saturated carbocycles. The number of nitrogen functional groups attached to an aromatic ring is 1. The number of benzene rings is 1. The van der Waals surface area contributed by atoms with Crippen LogP contribution in [-0.2, 0) is 7.05 Å². The summed E-state index contributed by atoms with van der Waals surface area (Å²) in [7, 11) is 1.75. The molecule has 2 rings (SSSR count). The molecule has 0 unspecified atom stereocenters. The second-order valence-electron chi connectivity index (χ2n) is 3.55. The number of hydrogen-bond acceptors (Lipinski definition) is 3. The lowest BCUT2D eigenvalue weighted by Crippen LogP contribution is -1.96. The lowest BCUT2D eigenvalue weighted by molar-refractivity contribution is 0.600. The van der Waals surface area contributed by atoms with Gasteiger partial charge in [0.1, 0.15) is 11.6 Å². The second kappa shape index (κ2) is 4.70. The average molecular weight is 316 g/mol. The van der Waals surface area contributed by atoms with Gasteiger partial charge in [0.25, 0.3) is 0 Å². The van der Waals surface area contributed by atoms with E-state index in [2.05, 4.69) is 21.0 Å². The fourth-order valence-electron chi connectivity index (χ4n) is 1.53. The molecule has 0 saturated heterocycles. The highest BCUT2D eigenvalue weighted by molar-refractivity contribution is 9.10. The summed E-state index contributed by atoms with van der Waals surface area (Å²) in [6, 6.07) is 5.04. The number of rotatable bonds is 2. The molecule has 1 aromatic heterocycles. The van der Waals surface area contributed by atoms with Crippen LogP contribution in [0.3, 0.4) is 0 Å². The van der Waals surface area contributed by atoms with Gasteiger partial charge in [-0.1, -0.05) is 0 Å². The maximum absolute atomic E-state index is 13.8. The van der Waals surface area contributed by atoms with E-state index in [9.17, 15) is 4.39 Å². The number of aryl methyl sites for hydroxylation is 1. The van der Waals surface area contributed by atoms with Crippen molar-refractivity contribution in [3.63, 3.8) is 0 Å². The number of nitrogens with two attached hydrogens (primary N) is 1. The Balaban J connectivity index is 2.54. The van der Waals surface area contributed by atoms with Gasteiger partial charge in [-0.25, -0.2) is 4.39 Å². The molecule has 17 heavy (non-hydrogen) atoms. The maximum atomic E-state index is 13.8. The van der Waals surface area contributed by atoms with Crippen LogP contribution in [0.4, 0.5) is 10.2 Å². The number of hydrogen-bond donors (Lipinski definition) is 1. The summed E-state index contributed by atoms with van der Waals surface area (Å²) in [6.07, 6.45) is 1.83. The Morgan fingerprint density at radius 3 is 2.59 bits per heavy atom. The molecule has 0 spiro atoms. The molecule has 2 N–H and O–H groups in total. The predicted molar refractivity (Wildman–Crippen MR) is 72.5 cm³/mol. The molecule has 1 heterocycles. The highest BCUT2D eigenvalue weighted by Crippen LogP contribution is 2.33. The normalized spacial score (nSPS) is 10.8. The van der Waals surface area contributed by atoms with Gasteiger partial charge in [0, 0.05) is 23.2 Å². The van der Waals surface area contributed by atoms with Gasteiger partial charge >= 0.3 is 0 Å². The summed E-state index contributed by atoms with van der Waals surface area (Å²) < 4.78 is 16.1. The van der Waals surface area contributed by atoms with Gasteiger partial charge in [-0.05, 0) is 34.3 Å². The Morgan fingerprint density at radius 2 is 2.12 bits per heavy atom. The van der Waals surface area contributed by atoms with Crippen LogP contribution in [0.1, 0.15) is 0 Å². The van der Waals surface area contributed by atoms with Gasteiger partial charge in [-0.3, -0.25) is 4.68 Å². The van der Waals surface area contributed by atoms with Crippen molar-refractivity contribution in [2.24, 2.45) is 7.05 Å². The Hall–Kier alpha value is -1.01. The molecule has 2 aromatic rings. The summed E-state index contributed by atoms with van der Waals surface area (Å²) in [6.45, 7) is 0. The Morgan fingerprint density at radius 1 is 1.41 bits per heavy atom. The number of thioether (sulfide) groups is 1. The van der Waals surface area contributed by atoms with Gasteiger partial charge in [0.15, 0.2) is 0 Å². The second-order valence-corrected chi connectivity index (χ2v) is 5.22. The van der Waals surface area contributed by atoms with Crippen LogP contribution < -0.4 is 5.73 Å². The lowest BCUT2D eigenvalue weighted by Gasteiger charge is -2.05. The van der Waals surface area contributed by atoms with Crippen LogP contribution in [0.2, 0.25) is 0 Å². The molecule has 0 radical (unpaired) electrons. The standard InChI is InChI=1S/C11H11BrFN3S/c1-16-10(14)5-9(15-16)6-3-7(12)11(17-2)8(13)4-6/h3-5H,14H2,1-2H3. The zero-order valence-corrected chi connectivity index (χ0v) is 11.8. The summed E-state index contributed by atoms with van der Waals surface area (Å²) in [5.74, 6) is 0.288. The van der Waals surface area contributed by atoms with Gasteiger partial charge in [0.05, 0.1) is 10.6 Å². The van der Waals surface area contributed by atoms with Crippen LogP contribution in [-0.4, -0.2) is 16.0 Å². The molecule has 6 heteroatoms. The molecule has 3 nitrogen and oxygen atoms in total. The Kier molecular flexibility index (Phi) is 3.44. The van der Waals surface area contributed by atoms with Gasteiger partial charge in [0.2, 0.25) is 0 Å². The summed E-state index contributed by atoms with van der Waals surface area (Å²) in [4.78, 5) is 0.595. The van der Waals surface area contributed by atoms with Crippen LogP contribution in [0, 0.1) is 5.82 Å². The Labute approximate surface area is 111 Å². The molecule has 90 valence electrons. The van der Waals surface area contributed by atoms with Crippen molar-refractivity contribution in [1.82, 2.24) is 9.78 Å². The van der Waals surface area contributed by atoms with Crippen LogP contribution in [0.25, 0.3) is 11.3 Å². The van der Waals surface area contributed by atoms with E-state index >= 15 is 0 Å². The third-order valence-electron chi connectivity index (χ3n) is 2.41. The highest BCUT2D eigenvalue weighted by Gasteiger charge is 2.12. The number of halogens is 2. The van der Waals surface area contributed by atoms with E-state index in [0.717, 1.165) is 4.47 Å². The van der Waals surface area contributed by atoms with E-state index in [4.69, 9.17) is 5.73 Å². The van der Waals surface area contributed by atoms with E-state index < -0.39 is 0 Å². The molecule has 1 aromatic carbocycles. The number of aromatic nitrogens is 2. The minimum atomic E-state index is -0.258. The SMILES string of the molecule is CSc1c(F)cc(-c2cc(N)n(C)n2)cc1Br. The van der Waals surface area contributed by atoms with Gasteiger partial charge in [-0.2, -0.15) is 5.10 Å². The average Bonchev–Trinajstić information content (AvgIpc) is 2.59. The first-order valence-corrected chi connectivity index (χ1v) is 6.87. The molecule has 0 amide bonds. The van der Waals surface area contributed by atoms with E-state index in [0.29, 0.717) is 22.0 Å². The molecule has 0 aliphatic rings. The fraction of sp³-hybridized carbons (Fsp3) is 0.182. The fourth-order valence-corrected chi connectivity index (χ4v) is 2.96. The molecule has 0 atom stereocenters. The predicted octanol–water partition coefficient (Wildman–Crippen LogP) is 3.29. The van der Waals surface area contributed by atoms with Crippen molar-refractivity contribution in [3.8, 4) is 11.3 Å². The van der Waals surface area contributed by atoms with Crippen LogP contribution in [0.15, 0.2) is 27.6 Å². The van der Waals surface area contributed by atoms with Crippen LogP contribution >= 0.6 is 27.7 Å². The molecule has 0 aliphatic carbocycles. The van der Waals surface area contributed by atoms with Gasteiger partial charge < -0.3 is 5.73 Å². The van der Waals surface area contributed by atoms with Crippen molar-refractivity contribution in [1.29, 1.82) is 0 Å². The molecule has 0 fully saturated rings. The van der Waals surface area contributed by atoms with E-state index in [-0.39, 0.29) is 5.82 Å².